The molecule has 2 aromatic rings. The lowest BCUT2D eigenvalue weighted by Gasteiger charge is -2.11. The van der Waals surface area contributed by atoms with Gasteiger partial charge in [-0.2, -0.15) is 0 Å². The Balaban J connectivity index is 1.68. The summed E-state index contributed by atoms with van der Waals surface area (Å²) in [6, 6.07) is 12.6. The van der Waals surface area contributed by atoms with Crippen LogP contribution >= 0.6 is 24.0 Å². The molecule has 1 aliphatic heterocycles. The van der Waals surface area contributed by atoms with Crippen molar-refractivity contribution in [2.45, 2.75) is 6.92 Å². The Bertz CT molecular complexity index is 945. The van der Waals surface area contributed by atoms with Crippen LogP contribution in [0.2, 0.25) is 0 Å². The predicted molar refractivity (Wildman–Crippen MR) is 113 cm³/mol. The molecule has 5 nitrogen and oxygen atoms in total. The fourth-order valence-corrected chi connectivity index (χ4v) is 3.89. The van der Waals surface area contributed by atoms with Gasteiger partial charge in [0.15, 0.2) is 6.61 Å². The van der Waals surface area contributed by atoms with Crippen molar-refractivity contribution >= 4 is 51.9 Å². The van der Waals surface area contributed by atoms with Gasteiger partial charge in [-0.3, -0.25) is 14.5 Å². The number of likely N-dealkylation sites (N-methyl/N-ethyl adjacent to an activating group) is 1. The number of benzene rings is 2. The first-order valence-corrected chi connectivity index (χ1v) is 9.73. The molecule has 0 bridgehead atoms. The van der Waals surface area contributed by atoms with Crippen LogP contribution in [0.4, 0.5) is 10.1 Å². The average Bonchev–Trinajstić information content (AvgIpc) is 2.95. The van der Waals surface area contributed by atoms with Crippen molar-refractivity contribution in [1.29, 1.82) is 0 Å². The highest BCUT2D eigenvalue weighted by Gasteiger charge is 2.30. The molecule has 2 aromatic carbocycles. The molecule has 0 unspecified atom stereocenters. The van der Waals surface area contributed by atoms with Gasteiger partial charge in [-0.05, 0) is 43.3 Å². The number of hydrogen-bond donors (Lipinski definition) is 1. The lowest BCUT2D eigenvalue weighted by molar-refractivity contribution is -0.122. The van der Waals surface area contributed by atoms with Crippen molar-refractivity contribution in [2.75, 3.05) is 18.5 Å². The number of thioether (sulfide) groups is 1. The van der Waals surface area contributed by atoms with E-state index in [0.717, 1.165) is 0 Å². The Kier molecular flexibility index (Phi) is 6.43. The number of para-hydroxylation sites is 1. The Morgan fingerprint density at radius 2 is 1.96 bits per heavy atom. The molecule has 144 valence electrons. The van der Waals surface area contributed by atoms with E-state index in [9.17, 15) is 14.0 Å². The number of halogens is 1. The second-order valence-electron chi connectivity index (χ2n) is 5.81. The maximum absolute atomic E-state index is 12.9. The summed E-state index contributed by atoms with van der Waals surface area (Å²) in [5.41, 5.74) is 1.15. The van der Waals surface area contributed by atoms with Crippen LogP contribution < -0.4 is 10.1 Å². The minimum Gasteiger partial charge on any atom is -0.483 e. The van der Waals surface area contributed by atoms with Crippen LogP contribution in [-0.4, -0.2) is 34.2 Å². The molecule has 8 heteroatoms. The van der Waals surface area contributed by atoms with Crippen molar-refractivity contribution in [1.82, 2.24) is 4.90 Å². The molecule has 0 spiro atoms. The van der Waals surface area contributed by atoms with E-state index in [1.54, 1.807) is 24.3 Å². The summed E-state index contributed by atoms with van der Waals surface area (Å²) in [5, 5.41) is 2.63. The first kappa shape index (κ1) is 20.0. The van der Waals surface area contributed by atoms with Crippen molar-refractivity contribution in [3.63, 3.8) is 0 Å². The molecule has 0 saturated carbocycles. The second-order valence-corrected chi connectivity index (χ2v) is 7.48. The summed E-state index contributed by atoms with van der Waals surface area (Å²) in [7, 11) is 0. The standard InChI is InChI=1S/C20H17FN2O3S2/c1-2-23-19(25)17(28-20(23)27)11-13-5-3-4-6-16(13)26-12-18(24)22-15-9-7-14(21)8-10-15/h3-11H,2,12H2,1H3,(H,22,24)/b17-11-. The maximum Gasteiger partial charge on any atom is 0.266 e. The van der Waals surface area contributed by atoms with Crippen LogP contribution in [0.1, 0.15) is 12.5 Å². The quantitative estimate of drug-likeness (QED) is 0.568. The number of ether oxygens (including phenoxy) is 1. The van der Waals surface area contributed by atoms with E-state index in [1.807, 2.05) is 13.0 Å². The first-order chi connectivity index (χ1) is 13.5. The minimum absolute atomic E-state index is 0.138. The number of hydrogen-bond acceptors (Lipinski definition) is 5. The number of thiocarbonyl (C=S) groups is 1. The van der Waals surface area contributed by atoms with E-state index in [0.29, 0.717) is 32.8 Å². The fraction of sp³-hybridized carbons (Fsp3) is 0.150. The zero-order valence-electron chi connectivity index (χ0n) is 15.0. The van der Waals surface area contributed by atoms with E-state index in [1.165, 1.54) is 40.9 Å². The smallest absolute Gasteiger partial charge is 0.266 e. The van der Waals surface area contributed by atoms with Crippen molar-refractivity contribution in [2.24, 2.45) is 0 Å². The van der Waals surface area contributed by atoms with Crippen LogP contribution in [-0.2, 0) is 9.59 Å². The highest BCUT2D eigenvalue weighted by atomic mass is 32.2. The molecule has 1 fully saturated rings. The summed E-state index contributed by atoms with van der Waals surface area (Å²) in [6.45, 7) is 2.16. The monoisotopic (exact) mass is 416 g/mol. The summed E-state index contributed by atoms with van der Waals surface area (Å²) in [5.74, 6) is -0.421. The van der Waals surface area contributed by atoms with Gasteiger partial charge in [-0.25, -0.2) is 4.39 Å². The normalized spacial score (nSPS) is 15.2. The van der Waals surface area contributed by atoms with Gasteiger partial charge in [0.05, 0.1) is 4.91 Å². The van der Waals surface area contributed by atoms with Gasteiger partial charge in [0.25, 0.3) is 11.8 Å². The molecule has 0 aromatic heterocycles. The molecule has 1 heterocycles. The van der Waals surface area contributed by atoms with Gasteiger partial charge >= 0.3 is 0 Å². The zero-order valence-corrected chi connectivity index (χ0v) is 16.6. The average molecular weight is 416 g/mol. The predicted octanol–water partition coefficient (Wildman–Crippen LogP) is 4.06. The summed E-state index contributed by atoms with van der Waals surface area (Å²) in [6.07, 6.45) is 1.71. The van der Waals surface area contributed by atoms with Gasteiger partial charge in [0.1, 0.15) is 15.9 Å². The fourth-order valence-electron chi connectivity index (χ4n) is 2.52. The SMILES string of the molecule is CCN1C(=O)/C(=C/c2ccccc2OCC(=O)Nc2ccc(F)cc2)SC1=S. The molecule has 1 aliphatic rings. The number of amides is 2. The molecule has 28 heavy (non-hydrogen) atoms. The molecular formula is C20H17FN2O3S2. The second kappa shape index (κ2) is 8.99. The Morgan fingerprint density at radius 3 is 2.64 bits per heavy atom. The van der Waals surface area contributed by atoms with E-state index >= 15 is 0 Å². The largest absolute Gasteiger partial charge is 0.483 e. The maximum atomic E-state index is 12.9. The van der Waals surface area contributed by atoms with Gasteiger partial charge in [-0.1, -0.05) is 42.2 Å². The van der Waals surface area contributed by atoms with E-state index < -0.39 is 0 Å². The van der Waals surface area contributed by atoms with E-state index in [4.69, 9.17) is 17.0 Å². The Labute approximate surface area is 171 Å². The highest BCUT2D eigenvalue weighted by molar-refractivity contribution is 8.26. The minimum atomic E-state index is -0.378. The number of nitrogens with one attached hydrogen (secondary N) is 1. The third-order valence-electron chi connectivity index (χ3n) is 3.88. The molecule has 1 saturated heterocycles. The van der Waals surface area contributed by atoms with E-state index in [-0.39, 0.29) is 24.2 Å². The molecule has 1 N–H and O–H groups in total. The van der Waals surface area contributed by atoms with Crippen LogP contribution in [0.25, 0.3) is 6.08 Å². The number of anilines is 1. The van der Waals surface area contributed by atoms with Crippen LogP contribution in [0.3, 0.4) is 0 Å². The Morgan fingerprint density at radius 1 is 1.25 bits per heavy atom. The third-order valence-corrected chi connectivity index (χ3v) is 5.26. The van der Waals surface area contributed by atoms with Crippen LogP contribution in [0.15, 0.2) is 53.4 Å². The molecule has 0 aliphatic carbocycles. The van der Waals surface area contributed by atoms with Crippen LogP contribution in [0, 0.1) is 5.82 Å². The van der Waals surface area contributed by atoms with Crippen molar-refractivity contribution in [3.8, 4) is 5.75 Å². The zero-order chi connectivity index (χ0) is 20.1. The van der Waals surface area contributed by atoms with Crippen molar-refractivity contribution < 1.29 is 18.7 Å². The number of carbonyl (C=O) groups is 2. The third kappa shape index (κ3) is 4.76. The molecule has 2 amide bonds. The molecular weight excluding hydrogens is 399 g/mol. The summed E-state index contributed by atoms with van der Waals surface area (Å²) >= 11 is 6.46. The molecule has 0 radical (unpaired) electrons. The van der Waals surface area contributed by atoms with Crippen LogP contribution in [0.5, 0.6) is 5.75 Å². The van der Waals surface area contributed by atoms with Gasteiger partial charge < -0.3 is 10.1 Å². The Hall–Kier alpha value is -2.71. The lowest BCUT2D eigenvalue weighted by atomic mass is 10.2. The van der Waals surface area contributed by atoms with E-state index in [2.05, 4.69) is 5.32 Å². The summed E-state index contributed by atoms with van der Waals surface area (Å²) in [4.78, 5) is 26.5. The molecule has 0 atom stereocenters. The van der Waals surface area contributed by atoms with Gasteiger partial charge in [-0.15, -0.1) is 0 Å². The number of carbonyl (C=O) groups excluding carboxylic acids is 2. The van der Waals surface area contributed by atoms with Crippen molar-refractivity contribution in [3.05, 3.63) is 64.8 Å². The topological polar surface area (TPSA) is 58.6 Å². The lowest BCUT2D eigenvalue weighted by Crippen LogP contribution is -2.27. The first-order valence-electron chi connectivity index (χ1n) is 8.50. The number of nitrogens with zero attached hydrogens (tertiary/aromatic N) is 1. The number of rotatable bonds is 6. The summed E-state index contributed by atoms with van der Waals surface area (Å²) < 4.78 is 19.1. The molecule has 3 rings (SSSR count). The van der Waals surface area contributed by atoms with Gasteiger partial charge in [0.2, 0.25) is 0 Å². The van der Waals surface area contributed by atoms with Gasteiger partial charge in [0, 0.05) is 17.8 Å². The highest BCUT2D eigenvalue weighted by Crippen LogP contribution is 2.34.